The summed E-state index contributed by atoms with van der Waals surface area (Å²) in [6.07, 6.45) is 4.25. The molecule has 4 nitrogen and oxygen atoms in total. The van der Waals surface area contributed by atoms with Crippen molar-refractivity contribution < 1.29 is 4.92 Å². The van der Waals surface area contributed by atoms with Crippen molar-refractivity contribution in [1.29, 1.82) is 5.26 Å². The van der Waals surface area contributed by atoms with Gasteiger partial charge in [0.1, 0.15) is 0 Å². The van der Waals surface area contributed by atoms with Crippen LogP contribution in [0.15, 0.2) is 24.3 Å². The van der Waals surface area contributed by atoms with Crippen molar-refractivity contribution >= 4 is 24.4 Å². The zero-order chi connectivity index (χ0) is 12.0. The molecule has 5 heteroatoms. The van der Waals surface area contributed by atoms with Gasteiger partial charge in [-0.15, -0.1) is 0 Å². The Morgan fingerprint density at radius 2 is 2.31 bits per heavy atom. The molecule has 0 unspecified atom stereocenters. The van der Waals surface area contributed by atoms with Crippen molar-refractivity contribution in [2.24, 2.45) is 0 Å². The number of thiol groups is 1. The van der Waals surface area contributed by atoms with Crippen LogP contribution in [0.3, 0.4) is 0 Å². The fourth-order valence-electron chi connectivity index (χ4n) is 1.20. The van der Waals surface area contributed by atoms with E-state index in [0.717, 1.165) is 6.42 Å². The van der Waals surface area contributed by atoms with Crippen LogP contribution in [0, 0.1) is 21.4 Å². The highest BCUT2D eigenvalue weighted by atomic mass is 32.1. The topological polar surface area (TPSA) is 66.9 Å². The van der Waals surface area contributed by atoms with E-state index < -0.39 is 4.92 Å². The molecule has 0 saturated heterocycles. The normalized spacial score (nSPS) is 10.2. The number of rotatable bonds is 4. The lowest BCUT2D eigenvalue weighted by atomic mass is 10.1. The van der Waals surface area contributed by atoms with Gasteiger partial charge in [0.15, 0.2) is 0 Å². The molecule has 0 aliphatic rings. The molecule has 0 aliphatic heterocycles. The van der Waals surface area contributed by atoms with Gasteiger partial charge in [-0.2, -0.15) is 17.9 Å². The molecule has 0 heterocycles. The molecule has 16 heavy (non-hydrogen) atoms. The molecule has 0 bridgehead atoms. The summed E-state index contributed by atoms with van der Waals surface area (Å²) in [5.41, 5.74) is 0.748. The first-order valence-corrected chi connectivity index (χ1v) is 5.28. The second-order valence-electron chi connectivity index (χ2n) is 3.06. The van der Waals surface area contributed by atoms with Gasteiger partial charge in [-0.05, 0) is 24.3 Å². The minimum absolute atomic E-state index is 0.0468. The van der Waals surface area contributed by atoms with Gasteiger partial charge in [0, 0.05) is 6.07 Å². The van der Waals surface area contributed by atoms with Crippen LogP contribution in [0.2, 0.25) is 0 Å². The highest BCUT2D eigenvalue weighted by Crippen LogP contribution is 2.21. The van der Waals surface area contributed by atoms with Gasteiger partial charge in [0.05, 0.1) is 22.1 Å². The number of benzene rings is 1. The van der Waals surface area contributed by atoms with E-state index in [1.54, 1.807) is 18.2 Å². The molecule has 0 atom stereocenters. The zero-order valence-corrected chi connectivity index (χ0v) is 9.35. The first kappa shape index (κ1) is 12.3. The summed E-state index contributed by atoms with van der Waals surface area (Å²) in [5.74, 6) is 0.695. The molecule has 1 rings (SSSR count). The first-order chi connectivity index (χ1) is 7.69. The largest absolute Gasteiger partial charge is 0.277 e. The second kappa shape index (κ2) is 5.93. The Bertz CT molecular complexity index is 464. The number of nitrogens with zero attached hydrogens (tertiary/aromatic N) is 2. The summed E-state index contributed by atoms with van der Waals surface area (Å²) >= 11 is 4.04. The van der Waals surface area contributed by atoms with Crippen molar-refractivity contribution in [2.75, 3.05) is 5.75 Å². The van der Waals surface area contributed by atoms with Crippen LogP contribution in [-0.4, -0.2) is 10.7 Å². The van der Waals surface area contributed by atoms with Crippen molar-refractivity contribution in [1.82, 2.24) is 0 Å². The molecule has 0 saturated carbocycles. The molecule has 0 spiro atoms. The van der Waals surface area contributed by atoms with Crippen LogP contribution >= 0.6 is 12.6 Å². The van der Waals surface area contributed by atoms with E-state index in [1.807, 2.05) is 12.1 Å². The van der Waals surface area contributed by atoms with Crippen molar-refractivity contribution in [3.8, 4) is 6.07 Å². The molecule has 1 aromatic carbocycles. The predicted molar refractivity (Wildman–Crippen MR) is 65.3 cm³/mol. The maximum absolute atomic E-state index is 10.8. The SMILES string of the molecule is N#Cc1ccc(C=CCCS)c([N+](=O)[O-])c1. The summed E-state index contributed by atoms with van der Waals surface area (Å²) < 4.78 is 0. The molecule has 1 aromatic rings. The minimum Gasteiger partial charge on any atom is -0.258 e. The van der Waals surface area contributed by atoms with Crippen molar-refractivity contribution in [3.05, 3.63) is 45.5 Å². The van der Waals surface area contributed by atoms with Crippen molar-refractivity contribution in [2.45, 2.75) is 6.42 Å². The van der Waals surface area contributed by atoms with E-state index in [1.165, 1.54) is 6.07 Å². The molecule has 0 aromatic heterocycles. The monoisotopic (exact) mass is 234 g/mol. The van der Waals surface area contributed by atoms with Crippen LogP contribution in [0.4, 0.5) is 5.69 Å². The third kappa shape index (κ3) is 3.11. The fourth-order valence-corrected chi connectivity index (χ4v) is 1.35. The Hall–Kier alpha value is -1.80. The Kier molecular flexibility index (Phi) is 4.55. The summed E-state index contributed by atoms with van der Waals surface area (Å²) in [7, 11) is 0. The lowest BCUT2D eigenvalue weighted by Crippen LogP contribution is -1.92. The average Bonchev–Trinajstić information content (AvgIpc) is 2.29. The van der Waals surface area contributed by atoms with Gasteiger partial charge in [-0.3, -0.25) is 10.1 Å². The average molecular weight is 234 g/mol. The highest BCUT2D eigenvalue weighted by molar-refractivity contribution is 7.80. The number of nitro benzene ring substituents is 1. The van der Waals surface area contributed by atoms with E-state index in [-0.39, 0.29) is 11.3 Å². The summed E-state index contributed by atoms with van der Waals surface area (Å²) in [5, 5.41) is 19.4. The lowest BCUT2D eigenvalue weighted by Gasteiger charge is -1.97. The Morgan fingerprint density at radius 1 is 1.56 bits per heavy atom. The van der Waals surface area contributed by atoms with E-state index >= 15 is 0 Å². The van der Waals surface area contributed by atoms with Gasteiger partial charge < -0.3 is 0 Å². The smallest absolute Gasteiger partial charge is 0.258 e. The maximum atomic E-state index is 10.8. The van der Waals surface area contributed by atoms with Gasteiger partial charge in [0.2, 0.25) is 0 Å². The van der Waals surface area contributed by atoms with Gasteiger partial charge in [0.25, 0.3) is 5.69 Å². The number of nitriles is 1. The number of nitro groups is 1. The number of hydrogen-bond acceptors (Lipinski definition) is 4. The second-order valence-corrected chi connectivity index (χ2v) is 3.50. The third-order valence-electron chi connectivity index (χ3n) is 1.95. The minimum atomic E-state index is -0.485. The maximum Gasteiger partial charge on any atom is 0.277 e. The summed E-state index contributed by atoms with van der Waals surface area (Å²) in [6, 6.07) is 6.29. The summed E-state index contributed by atoms with van der Waals surface area (Å²) in [4.78, 5) is 10.3. The number of hydrogen-bond donors (Lipinski definition) is 1. The van der Waals surface area contributed by atoms with Crippen molar-refractivity contribution in [3.63, 3.8) is 0 Å². The molecule has 0 radical (unpaired) electrons. The molecule has 0 N–H and O–H groups in total. The van der Waals surface area contributed by atoms with Crippen LogP contribution in [-0.2, 0) is 0 Å². The van der Waals surface area contributed by atoms with Crippen LogP contribution in [0.1, 0.15) is 17.5 Å². The molecule has 0 amide bonds. The Morgan fingerprint density at radius 3 is 2.88 bits per heavy atom. The lowest BCUT2D eigenvalue weighted by molar-refractivity contribution is -0.385. The van der Waals surface area contributed by atoms with E-state index in [0.29, 0.717) is 11.3 Å². The predicted octanol–water partition coefficient (Wildman–Crippen LogP) is 2.80. The Labute approximate surface area is 98.8 Å². The van der Waals surface area contributed by atoms with Crippen LogP contribution < -0.4 is 0 Å². The molecule has 0 fully saturated rings. The first-order valence-electron chi connectivity index (χ1n) is 4.65. The third-order valence-corrected chi connectivity index (χ3v) is 2.21. The molecule has 82 valence electrons. The Balaban J connectivity index is 3.09. The molecular weight excluding hydrogens is 224 g/mol. The standard InChI is InChI=1S/C11H10N2O2S/c12-8-9-4-5-10(3-1-2-6-16)11(7-9)13(14)15/h1,3-5,7,16H,2,6H2. The summed E-state index contributed by atoms with van der Waals surface area (Å²) in [6.45, 7) is 0. The highest BCUT2D eigenvalue weighted by Gasteiger charge is 2.11. The van der Waals surface area contributed by atoms with E-state index in [4.69, 9.17) is 5.26 Å². The van der Waals surface area contributed by atoms with E-state index in [2.05, 4.69) is 12.6 Å². The van der Waals surface area contributed by atoms with Crippen LogP contribution in [0.25, 0.3) is 6.08 Å². The van der Waals surface area contributed by atoms with Crippen LogP contribution in [0.5, 0.6) is 0 Å². The fraction of sp³-hybridized carbons (Fsp3) is 0.182. The van der Waals surface area contributed by atoms with E-state index in [9.17, 15) is 10.1 Å². The zero-order valence-electron chi connectivity index (χ0n) is 8.46. The van der Waals surface area contributed by atoms with Gasteiger partial charge in [-0.1, -0.05) is 12.2 Å². The van der Waals surface area contributed by atoms with Gasteiger partial charge >= 0.3 is 0 Å². The number of allylic oxidation sites excluding steroid dienone is 1. The molecular formula is C11H10N2O2S. The molecule has 0 aliphatic carbocycles. The quantitative estimate of drug-likeness (QED) is 0.495. The van der Waals surface area contributed by atoms with Gasteiger partial charge in [-0.25, -0.2) is 0 Å².